The molecule has 0 aromatic heterocycles. The molecule has 1 aliphatic carbocycles. The van der Waals surface area contributed by atoms with Crippen LogP contribution < -0.4 is 10.6 Å². The zero-order valence-corrected chi connectivity index (χ0v) is 13.4. The van der Waals surface area contributed by atoms with Gasteiger partial charge in [0, 0.05) is 45.7 Å². The van der Waals surface area contributed by atoms with Gasteiger partial charge in [-0.25, -0.2) is 0 Å². The molecule has 1 amide bonds. The van der Waals surface area contributed by atoms with Crippen LogP contribution in [-0.2, 0) is 11.3 Å². The summed E-state index contributed by atoms with van der Waals surface area (Å²) in [6, 6.07) is 11.4. The number of nitrogens with zero attached hydrogens (tertiary/aromatic N) is 1. The molecular formula is C18H27N3O. The molecule has 1 saturated heterocycles. The highest BCUT2D eigenvalue weighted by molar-refractivity contribution is 5.72. The van der Waals surface area contributed by atoms with Crippen molar-refractivity contribution >= 4 is 5.91 Å². The van der Waals surface area contributed by atoms with Gasteiger partial charge in [-0.15, -0.1) is 0 Å². The van der Waals surface area contributed by atoms with Gasteiger partial charge in [0.1, 0.15) is 0 Å². The van der Waals surface area contributed by atoms with E-state index >= 15 is 0 Å². The second-order valence-electron chi connectivity index (χ2n) is 6.72. The summed E-state index contributed by atoms with van der Waals surface area (Å²) < 4.78 is 0. The summed E-state index contributed by atoms with van der Waals surface area (Å²) >= 11 is 0. The molecule has 2 fully saturated rings. The van der Waals surface area contributed by atoms with E-state index in [1.165, 1.54) is 31.5 Å². The summed E-state index contributed by atoms with van der Waals surface area (Å²) in [5.41, 5.74) is 1.41. The first-order chi connectivity index (χ1) is 10.7. The van der Waals surface area contributed by atoms with E-state index in [0.29, 0.717) is 6.04 Å². The minimum atomic E-state index is 0.0565. The molecule has 120 valence electrons. The maximum absolute atomic E-state index is 10.9. The number of amides is 1. The third kappa shape index (κ3) is 3.87. The van der Waals surface area contributed by atoms with Crippen molar-refractivity contribution in [2.75, 3.05) is 26.2 Å². The number of rotatable bonds is 6. The quantitative estimate of drug-likeness (QED) is 0.785. The monoisotopic (exact) mass is 301 g/mol. The highest BCUT2D eigenvalue weighted by Crippen LogP contribution is 2.38. The fourth-order valence-electron chi connectivity index (χ4n) is 4.08. The normalized spacial score (nSPS) is 27.8. The van der Waals surface area contributed by atoms with Gasteiger partial charge in [0.15, 0.2) is 0 Å². The maximum Gasteiger partial charge on any atom is 0.216 e. The van der Waals surface area contributed by atoms with Gasteiger partial charge in [-0.1, -0.05) is 30.3 Å². The number of carbonyl (C=O) groups is 1. The highest BCUT2D eigenvalue weighted by Gasteiger charge is 2.41. The Bertz CT molecular complexity index is 490. The van der Waals surface area contributed by atoms with Gasteiger partial charge in [-0.05, 0) is 30.2 Å². The van der Waals surface area contributed by atoms with Gasteiger partial charge in [0.05, 0.1) is 0 Å². The van der Waals surface area contributed by atoms with E-state index in [-0.39, 0.29) is 5.91 Å². The van der Waals surface area contributed by atoms with Crippen LogP contribution in [0.4, 0.5) is 0 Å². The van der Waals surface area contributed by atoms with Crippen molar-refractivity contribution in [1.29, 1.82) is 0 Å². The van der Waals surface area contributed by atoms with Gasteiger partial charge in [-0.2, -0.15) is 0 Å². The summed E-state index contributed by atoms with van der Waals surface area (Å²) in [6.07, 6.45) is 2.63. The van der Waals surface area contributed by atoms with Gasteiger partial charge in [0.2, 0.25) is 5.91 Å². The molecule has 3 rings (SSSR count). The Labute approximate surface area is 133 Å². The molecule has 0 radical (unpaired) electrons. The van der Waals surface area contributed by atoms with E-state index < -0.39 is 0 Å². The molecule has 1 aromatic carbocycles. The van der Waals surface area contributed by atoms with Crippen molar-refractivity contribution < 1.29 is 4.79 Å². The Morgan fingerprint density at radius 2 is 2.00 bits per heavy atom. The van der Waals surface area contributed by atoms with Crippen LogP contribution in [-0.4, -0.2) is 43.0 Å². The Morgan fingerprint density at radius 3 is 2.77 bits per heavy atom. The number of benzene rings is 1. The third-order valence-electron chi connectivity index (χ3n) is 5.09. The molecule has 1 saturated carbocycles. The zero-order chi connectivity index (χ0) is 15.4. The summed E-state index contributed by atoms with van der Waals surface area (Å²) in [5, 5.41) is 6.51. The molecule has 1 aliphatic heterocycles. The first-order valence-electron chi connectivity index (χ1n) is 8.46. The number of hydrogen-bond donors (Lipinski definition) is 2. The largest absolute Gasteiger partial charge is 0.355 e. The lowest BCUT2D eigenvalue weighted by molar-refractivity contribution is -0.118. The Balaban J connectivity index is 1.45. The van der Waals surface area contributed by atoms with Gasteiger partial charge < -0.3 is 10.6 Å². The summed E-state index contributed by atoms with van der Waals surface area (Å²) in [4.78, 5) is 13.5. The third-order valence-corrected chi connectivity index (χ3v) is 5.09. The molecule has 4 heteroatoms. The fraction of sp³-hybridized carbons (Fsp3) is 0.611. The van der Waals surface area contributed by atoms with Crippen molar-refractivity contribution in [2.24, 2.45) is 11.8 Å². The Hall–Kier alpha value is -1.39. The minimum absolute atomic E-state index is 0.0565. The molecular weight excluding hydrogens is 274 g/mol. The molecule has 0 spiro atoms. The van der Waals surface area contributed by atoms with Crippen LogP contribution in [0.5, 0.6) is 0 Å². The van der Waals surface area contributed by atoms with Crippen molar-refractivity contribution in [3.8, 4) is 0 Å². The van der Waals surface area contributed by atoms with Crippen LogP contribution >= 0.6 is 0 Å². The summed E-state index contributed by atoms with van der Waals surface area (Å²) in [6.45, 7) is 6.71. The van der Waals surface area contributed by atoms with Crippen LogP contribution in [0.15, 0.2) is 30.3 Å². The fourth-order valence-corrected chi connectivity index (χ4v) is 4.08. The number of hydrogen-bond acceptors (Lipinski definition) is 3. The van der Waals surface area contributed by atoms with Crippen molar-refractivity contribution in [3.05, 3.63) is 35.9 Å². The second kappa shape index (κ2) is 7.25. The van der Waals surface area contributed by atoms with E-state index in [0.717, 1.165) is 31.5 Å². The summed E-state index contributed by atoms with van der Waals surface area (Å²) in [5.74, 6) is 1.68. The standard InChI is InChI=1S/C18H27N3O/c1-14(22)19-9-10-20-18-8-7-16-12-21(13-17(16)18)11-15-5-3-2-4-6-15/h2-6,16-18,20H,7-13H2,1H3,(H,19,22)/t16-,17+,18+/m0/s1. The zero-order valence-electron chi connectivity index (χ0n) is 13.4. The average Bonchev–Trinajstić information content (AvgIpc) is 3.05. The molecule has 22 heavy (non-hydrogen) atoms. The Morgan fingerprint density at radius 1 is 1.18 bits per heavy atom. The van der Waals surface area contributed by atoms with E-state index in [4.69, 9.17) is 0 Å². The van der Waals surface area contributed by atoms with Gasteiger partial charge >= 0.3 is 0 Å². The lowest BCUT2D eigenvalue weighted by Crippen LogP contribution is -2.40. The SMILES string of the molecule is CC(=O)NCCN[C@@H]1CC[C@H]2CN(Cc3ccccc3)C[C@H]21. The van der Waals surface area contributed by atoms with Gasteiger partial charge in [-0.3, -0.25) is 9.69 Å². The number of fused-ring (bicyclic) bond motifs is 1. The highest BCUT2D eigenvalue weighted by atomic mass is 16.1. The number of likely N-dealkylation sites (tertiary alicyclic amines) is 1. The number of nitrogens with one attached hydrogen (secondary N) is 2. The summed E-state index contributed by atoms with van der Waals surface area (Å²) in [7, 11) is 0. The van der Waals surface area contributed by atoms with Crippen molar-refractivity contribution in [3.63, 3.8) is 0 Å². The second-order valence-corrected chi connectivity index (χ2v) is 6.72. The molecule has 1 heterocycles. The van der Waals surface area contributed by atoms with Crippen LogP contribution in [0.25, 0.3) is 0 Å². The predicted octanol–water partition coefficient (Wildman–Crippen LogP) is 1.62. The molecule has 0 unspecified atom stereocenters. The first kappa shape index (κ1) is 15.5. The Kier molecular flexibility index (Phi) is 5.11. The molecule has 1 aromatic rings. The van der Waals surface area contributed by atoms with Crippen LogP contribution in [0.2, 0.25) is 0 Å². The molecule has 3 atom stereocenters. The maximum atomic E-state index is 10.9. The smallest absolute Gasteiger partial charge is 0.216 e. The number of carbonyl (C=O) groups excluding carboxylic acids is 1. The van der Waals surface area contributed by atoms with Gasteiger partial charge in [0.25, 0.3) is 0 Å². The lowest BCUT2D eigenvalue weighted by atomic mass is 9.98. The molecule has 0 bridgehead atoms. The van der Waals surface area contributed by atoms with E-state index in [2.05, 4.69) is 45.9 Å². The molecule has 4 nitrogen and oxygen atoms in total. The molecule has 2 N–H and O–H groups in total. The van der Waals surface area contributed by atoms with E-state index in [1.807, 2.05) is 0 Å². The van der Waals surface area contributed by atoms with E-state index in [9.17, 15) is 4.79 Å². The average molecular weight is 301 g/mol. The lowest BCUT2D eigenvalue weighted by Gasteiger charge is -2.22. The van der Waals surface area contributed by atoms with Crippen LogP contribution in [0.1, 0.15) is 25.3 Å². The topological polar surface area (TPSA) is 44.4 Å². The minimum Gasteiger partial charge on any atom is -0.355 e. The molecule has 2 aliphatic rings. The van der Waals surface area contributed by atoms with Crippen LogP contribution in [0.3, 0.4) is 0 Å². The van der Waals surface area contributed by atoms with Crippen LogP contribution in [0, 0.1) is 11.8 Å². The first-order valence-corrected chi connectivity index (χ1v) is 8.46. The van der Waals surface area contributed by atoms with E-state index in [1.54, 1.807) is 6.92 Å². The van der Waals surface area contributed by atoms with Crippen molar-refractivity contribution in [2.45, 2.75) is 32.4 Å². The van der Waals surface area contributed by atoms with Crippen molar-refractivity contribution in [1.82, 2.24) is 15.5 Å². The predicted molar refractivity (Wildman–Crippen MR) is 88.4 cm³/mol.